The van der Waals surface area contributed by atoms with Gasteiger partial charge in [-0.25, -0.2) is 4.98 Å². The molecule has 0 radical (unpaired) electrons. The Labute approximate surface area is 211 Å². The average Bonchev–Trinajstić information content (AvgIpc) is 3.53. The molecule has 0 amide bonds. The molecular weight excluding hydrogens is 508 g/mol. The highest BCUT2D eigenvalue weighted by atomic mass is 79.9. The third-order valence-corrected chi connectivity index (χ3v) is 6.82. The van der Waals surface area contributed by atoms with Crippen LogP contribution in [-0.4, -0.2) is 41.4 Å². The Morgan fingerprint density at radius 1 is 1.09 bits per heavy atom. The fraction of sp³-hybridized carbons (Fsp3) is 0.231. The van der Waals surface area contributed by atoms with E-state index >= 15 is 0 Å². The standard InChI is InChI=1S/C26H25BrN6O2/c27-21-14-31-26(33-25(21)29-10-5-16-1-4-23-24(11-16)35-15-34-23)32-18-2-3-22-19(12-18)20(13-30-22)17-6-8-28-9-7-17/h1-4,6,11-14,28,30H,5,7-10,15H2,(H2,29,31,32,33). The number of nitrogens with zero attached hydrogens (tertiary/aromatic N) is 2. The topological polar surface area (TPSA) is 96.1 Å². The summed E-state index contributed by atoms with van der Waals surface area (Å²) in [5.41, 5.74) is 5.87. The summed E-state index contributed by atoms with van der Waals surface area (Å²) in [5, 5.41) is 11.3. The van der Waals surface area contributed by atoms with Gasteiger partial charge in [-0.3, -0.25) is 0 Å². The van der Waals surface area contributed by atoms with Crippen molar-refractivity contribution in [2.45, 2.75) is 12.8 Å². The van der Waals surface area contributed by atoms with E-state index in [-0.39, 0.29) is 6.79 Å². The number of fused-ring (bicyclic) bond motifs is 2. The third-order valence-electron chi connectivity index (χ3n) is 6.23. The lowest BCUT2D eigenvalue weighted by molar-refractivity contribution is 0.174. The second-order valence-electron chi connectivity index (χ2n) is 8.53. The van der Waals surface area contributed by atoms with Crippen LogP contribution in [0.4, 0.5) is 17.5 Å². The van der Waals surface area contributed by atoms with Gasteiger partial charge in [-0.05, 0) is 76.8 Å². The maximum Gasteiger partial charge on any atom is 0.231 e. The second kappa shape index (κ2) is 9.59. The first-order valence-corrected chi connectivity index (χ1v) is 12.5. The Balaban J connectivity index is 1.15. The minimum atomic E-state index is 0.286. The van der Waals surface area contributed by atoms with Gasteiger partial charge >= 0.3 is 0 Å². The molecule has 4 aromatic rings. The average molecular weight is 533 g/mol. The van der Waals surface area contributed by atoms with Gasteiger partial charge in [0.15, 0.2) is 11.5 Å². The van der Waals surface area contributed by atoms with Gasteiger partial charge in [0.1, 0.15) is 5.82 Å². The van der Waals surface area contributed by atoms with Gasteiger partial charge in [0.05, 0.1) is 4.47 Å². The summed E-state index contributed by atoms with van der Waals surface area (Å²) >= 11 is 3.56. The Kier molecular flexibility index (Phi) is 6.01. The minimum Gasteiger partial charge on any atom is -0.454 e. The van der Waals surface area contributed by atoms with Crippen molar-refractivity contribution in [1.82, 2.24) is 20.3 Å². The van der Waals surface area contributed by atoms with Crippen LogP contribution in [0, 0.1) is 0 Å². The van der Waals surface area contributed by atoms with E-state index < -0.39 is 0 Å². The number of ether oxygens (including phenoxy) is 2. The van der Waals surface area contributed by atoms with Crippen molar-refractivity contribution >= 4 is 49.9 Å². The maximum absolute atomic E-state index is 5.47. The molecule has 2 aromatic heterocycles. The highest BCUT2D eigenvalue weighted by Gasteiger charge is 2.14. The predicted octanol–water partition coefficient (Wildman–Crippen LogP) is 5.22. The van der Waals surface area contributed by atoms with E-state index in [9.17, 15) is 0 Å². The number of rotatable bonds is 7. The normalized spacial score (nSPS) is 14.7. The summed E-state index contributed by atoms with van der Waals surface area (Å²) in [6.45, 7) is 2.93. The number of benzene rings is 2. The van der Waals surface area contributed by atoms with Gasteiger partial charge < -0.3 is 30.4 Å². The predicted molar refractivity (Wildman–Crippen MR) is 142 cm³/mol. The summed E-state index contributed by atoms with van der Waals surface area (Å²) in [4.78, 5) is 12.5. The van der Waals surface area contributed by atoms with Gasteiger partial charge in [-0.15, -0.1) is 0 Å². The summed E-state index contributed by atoms with van der Waals surface area (Å²) in [7, 11) is 0. The van der Waals surface area contributed by atoms with Crippen LogP contribution in [-0.2, 0) is 6.42 Å². The quantitative estimate of drug-likeness (QED) is 0.259. The molecule has 0 atom stereocenters. The van der Waals surface area contributed by atoms with E-state index in [0.29, 0.717) is 5.95 Å². The molecule has 0 saturated carbocycles. The van der Waals surface area contributed by atoms with Gasteiger partial charge in [0.25, 0.3) is 0 Å². The molecule has 0 spiro atoms. The summed E-state index contributed by atoms with van der Waals surface area (Å²) in [6.07, 6.45) is 7.99. The lowest BCUT2D eigenvalue weighted by Gasteiger charge is -2.14. The van der Waals surface area contributed by atoms with E-state index in [1.54, 1.807) is 6.20 Å². The molecule has 35 heavy (non-hydrogen) atoms. The number of anilines is 3. The second-order valence-corrected chi connectivity index (χ2v) is 9.38. The first-order valence-electron chi connectivity index (χ1n) is 11.7. The Bertz CT molecular complexity index is 1420. The zero-order valence-corrected chi connectivity index (χ0v) is 20.6. The van der Waals surface area contributed by atoms with Crippen LogP contribution in [0.2, 0.25) is 0 Å². The number of aromatic amines is 1. The van der Waals surface area contributed by atoms with E-state index in [1.807, 2.05) is 18.2 Å². The molecule has 0 saturated heterocycles. The Morgan fingerprint density at radius 2 is 2.03 bits per heavy atom. The minimum absolute atomic E-state index is 0.286. The fourth-order valence-corrected chi connectivity index (χ4v) is 4.76. The van der Waals surface area contributed by atoms with Crippen molar-refractivity contribution in [3.8, 4) is 11.5 Å². The first-order chi connectivity index (χ1) is 17.2. The molecule has 2 aromatic carbocycles. The molecule has 2 aliphatic heterocycles. The number of nitrogens with one attached hydrogen (secondary N) is 4. The van der Waals surface area contributed by atoms with Crippen molar-refractivity contribution in [2.24, 2.45) is 0 Å². The van der Waals surface area contributed by atoms with Crippen LogP contribution in [0.1, 0.15) is 17.5 Å². The van der Waals surface area contributed by atoms with Gasteiger partial charge in [0.2, 0.25) is 12.7 Å². The van der Waals surface area contributed by atoms with Gasteiger partial charge in [-0.2, -0.15) is 4.98 Å². The van der Waals surface area contributed by atoms with E-state index in [2.05, 4.69) is 77.3 Å². The van der Waals surface area contributed by atoms with Crippen LogP contribution >= 0.6 is 15.9 Å². The number of H-pyrrole nitrogens is 1. The summed E-state index contributed by atoms with van der Waals surface area (Å²) < 4.78 is 11.7. The Hall–Kier alpha value is -3.56. The molecule has 8 nitrogen and oxygen atoms in total. The highest BCUT2D eigenvalue weighted by Crippen LogP contribution is 2.33. The zero-order valence-electron chi connectivity index (χ0n) is 19.0. The maximum atomic E-state index is 5.47. The molecule has 0 fully saturated rings. The summed E-state index contributed by atoms with van der Waals surface area (Å²) in [5.74, 6) is 2.88. The van der Waals surface area contributed by atoms with Crippen LogP contribution in [0.15, 0.2) is 59.3 Å². The van der Waals surface area contributed by atoms with Gasteiger partial charge in [0, 0.05) is 47.6 Å². The number of aromatic nitrogens is 3. The zero-order chi connectivity index (χ0) is 23.6. The molecule has 4 heterocycles. The van der Waals surface area contributed by atoms with Gasteiger partial charge in [-0.1, -0.05) is 12.1 Å². The van der Waals surface area contributed by atoms with E-state index in [1.165, 1.54) is 22.1 Å². The first kappa shape index (κ1) is 21.9. The molecule has 2 aliphatic rings. The highest BCUT2D eigenvalue weighted by molar-refractivity contribution is 9.10. The lowest BCUT2D eigenvalue weighted by Crippen LogP contribution is -2.19. The van der Waals surface area contributed by atoms with Crippen molar-refractivity contribution in [2.75, 3.05) is 37.1 Å². The lowest BCUT2D eigenvalue weighted by atomic mass is 9.99. The molecule has 0 unspecified atom stereocenters. The third kappa shape index (κ3) is 4.69. The molecule has 6 rings (SSSR count). The molecule has 4 N–H and O–H groups in total. The fourth-order valence-electron chi connectivity index (χ4n) is 4.43. The van der Waals surface area contributed by atoms with Crippen LogP contribution in [0.3, 0.4) is 0 Å². The molecule has 0 aliphatic carbocycles. The Morgan fingerprint density at radius 3 is 2.94 bits per heavy atom. The smallest absolute Gasteiger partial charge is 0.231 e. The monoisotopic (exact) mass is 532 g/mol. The van der Waals surface area contributed by atoms with Crippen molar-refractivity contribution in [1.29, 1.82) is 0 Å². The van der Waals surface area contributed by atoms with Crippen LogP contribution in [0.25, 0.3) is 16.5 Å². The van der Waals surface area contributed by atoms with E-state index in [0.717, 1.165) is 65.5 Å². The number of hydrogen-bond donors (Lipinski definition) is 4. The largest absolute Gasteiger partial charge is 0.454 e. The molecular formula is C26H25BrN6O2. The number of halogens is 1. The van der Waals surface area contributed by atoms with Crippen molar-refractivity contribution < 1.29 is 9.47 Å². The van der Waals surface area contributed by atoms with Crippen LogP contribution < -0.4 is 25.4 Å². The van der Waals surface area contributed by atoms with Crippen LogP contribution in [0.5, 0.6) is 11.5 Å². The van der Waals surface area contributed by atoms with E-state index in [4.69, 9.17) is 9.47 Å². The number of hydrogen-bond acceptors (Lipinski definition) is 7. The molecule has 9 heteroatoms. The molecule has 178 valence electrons. The SMILES string of the molecule is Brc1cnc(Nc2ccc3[nH]cc(C4=CCNCC4)c3c2)nc1NCCc1ccc2c(c1)OCO2. The molecule has 0 bridgehead atoms. The summed E-state index contributed by atoms with van der Waals surface area (Å²) in [6, 6.07) is 12.3. The van der Waals surface area contributed by atoms with Crippen molar-refractivity contribution in [3.63, 3.8) is 0 Å². The van der Waals surface area contributed by atoms with Crippen molar-refractivity contribution in [3.05, 3.63) is 70.5 Å².